The van der Waals surface area contributed by atoms with Gasteiger partial charge in [-0.05, 0) is 23.3 Å². The average molecular weight is 282 g/mol. The monoisotopic (exact) mass is 282 g/mol. The predicted octanol–water partition coefficient (Wildman–Crippen LogP) is 3.52. The molecular formula is C17H18N2O2. The summed E-state index contributed by atoms with van der Waals surface area (Å²) in [6, 6.07) is 17.2. The lowest BCUT2D eigenvalue weighted by molar-refractivity contribution is 0.185. The highest BCUT2D eigenvalue weighted by Crippen LogP contribution is 2.27. The molecule has 1 unspecified atom stereocenters. The van der Waals surface area contributed by atoms with Crippen LogP contribution in [0.15, 0.2) is 48.5 Å². The number of nitrogens with one attached hydrogen (secondary N) is 1. The topological polar surface area (TPSA) is 54.3 Å². The van der Waals surface area contributed by atoms with Crippen LogP contribution in [0.3, 0.4) is 0 Å². The summed E-state index contributed by atoms with van der Waals surface area (Å²) in [5.74, 6) is 0.714. The van der Waals surface area contributed by atoms with E-state index >= 15 is 0 Å². The van der Waals surface area contributed by atoms with Crippen molar-refractivity contribution in [1.29, 1.82) is 5.26 Å². The molecule has 4 nitrogen and oxygen atoms in total. The van der Waals surface area contributed by atoms with Gasteiger partial charge in [-0.25, -0.2) is 0 Å². The molecule has 0 fully saturated rings. The number of benzene rings is 2. The first kappa shape index (κ1) is 14.9. The zero-order valence-electron chi connectivity index (χ0n) is 12.2. The molecule has 4 heteroatoms. The second-order valence-corrected chi connectivity index (χ2v) is 4.58. The first-order valence-electron chi connectivity index (χ1n) is 6.65. The summed E-state index contributed by atoms with van der Waals surface area (Å²) >= 11 is 0. The van der Waals surface area contributed by atoms with Gasteiger partial charge in [0.2, 0.25) is 0 Å². The van der Waals surface area contributed by atoms with Crippen molar-refractivity contribution in [1.82, 2.24) is 0 Å². The first-order valence-corrected chi connectivity index (χ1v) is 6.65. The molecule has 0 heterocycles. The van der Waals surface area contributed by atoms with Crippen LogP contribution in [0.2, 0.25) is 0 Å². The summed E-state index contributed by atoms with van der Waals surface area (Å²) in [4.78, 5) is 0. The fourth-order valence-electron chi connectivity index (χ4n) is 2.14. The molecule has 0 saturated heterocycles. The number of methoxy groups -OCH3 is 2. The van der Waals surface area contributed by atoms with Crippen LogP contribution in [0.5, 0.6) is 5.75 Å². The van der Waals surface area contributed by atoms with Crippen molar-refractivity contribution in [2.24, 2.45) is 0 Å². The lowest BCUT2D eigenvalue weighted by Crippen LogP contribution is -2.09. The predicted molar refractivity (Wildman–Crippen MR) is 82.1 cm³/mol. The van der Waals surface area contributed by atoms with Gasteiger partial charge >= 0.3 is 0 Å². The standard InChI is InChI=1S/C17H18N2O2/c1-20-12-13-6-5-7-14(10-13)16(11-18)19-15-8-3-4-9-17(15)21-2/h3-10,16,19H,12H2,1-2H3. The van der Waals surface area contributed by atoms with Gasteiger partial charge in [-0.15, -0.1) is 0 Å². The van der Waals surface area contributed by atoms with E-state index in [1.165, 1.54) is 0 Å². The summed E-state index contributed by atoms with van der Waals surface area (Å²) in [7, 11) is 3.27. The summed E-state index contributed by atoms with van der Waals surface area (Å²) < 4.78 is 10.4. The minimum atomic E-state index is -0.446. The summed E-state index contributed by atoms with van der Waals surface area (Å²) in [6.07, 6.45) is 0. The van der Waals surface area contributed by atoms with E-state index in [9.17, 15) is 5.26 Å². The Hall–Kier alpha value is -2.51. The van der Waals surface area contributed by atoms with Crippen LogP contribution >= 0.6 is 0 Å². The lowest BCUT2D eigenvalue weighted by atomic mass is 10.0. The number of rotatable bonds is 6. The van der Waals surface area contributed by atoms with E-state index in [1.54, 1.807) is 14.2 Å². The third-order valence-electron chi connectivity index (χ3n) is 3.13. The molecule has 2 aromatic carbocycles. The number of anilines is 1. The van der Waals surface area contributed by atoms with E-state index in [-0.39, 0.29) is 0 Å². The number of hydrogen-bond acceptors (Lipinski definition) is 4. The molecule has 0 aliphatic heterocycles. The molecule has 0 spiro atoms. The van der Waals surface area contributed by atoms with Gasteiger partial charge in [0.1, 0.15) is 11.8 Å². The van der Waals surface area contributed by atoms with Crippen LogP contribution in [-0.4, -0.2) is 14.2 Å². The van der Waals surface area contributed by atoms with Gasteiger partial charge in [-0.1, -0.05) is 36.4 Å². The lowest BCUT2D eigenvalue weighted by Gasteiger charge is -2.16. The van der Waals surface area contributed by atoms with E-state index in [0.717, 1.165) is 16.8 Å². The third kappa shape index (κ3) is 3.74. The molecule has 108 valence electrons. The van der Waals surface area contributed by atoms with Gasteiger partial charge in [0.25, 0.3) is 0 Å². The minimum Gasteiger partial charge on any atom is -0.495 e. The van der Waals surface area contributed by atoms with E-state index < -0.39 is 6.04 Å². The number of nitriles is 1. The maximum absolute atomic E-state index is 9.44. The van der Waals surface area contributed by atoms with Crippen LogP contribution in [0.1, 0.15) is 17.2 Å². The van der Waals surface area contributed by atoms with Crippen molar-refractivity contribution >= 4 is 5.69 Å². The molecule has 0 aliphatic carbocycles. The molecule has 2 rings (SSSR count). The van der Waals surface area contributed by atoms with Crippen LogP contribution in [0, 0.1) is 11.3 Å². The summed E-state index contributed by atoms with van der Waals surface area (Å²) in [5, 5.41) is 12.6. The third-order valence-corrected chi connectivity index (χ3v) is 3.13. The smallest absolute Gasteiger partial charge is 0.141 e. The molecule has 1 N–H and O–H groups in total. The van der Waals surface area contributed by atoms with E-state index in [1.807, 2.05) is 48.5 Å². The maximum Gasteiger partial charge on any atom is 0.141 e. The Kier molecular flexibility index (Phi) is 5.19. The Morgan fingerprint density at radius 2 is 1.95 bits per heavy atom. The van der Waals surface area contributed by atoms with Crippen molar-refractivity contribution in [3.63, 3.8) is 0 Å². The van der Waals surface area contributed by atoms with E-state index in [0.29, 0.717) is 12.4 Å². The molecular weight excluding hydrogens is 264 g/mol. The van der Waals surface area contributed by atoms with Gasteiger partial charge < -0.3 is 14.8 Å². The summed E-state index contributed by atoms with van der Waals surface area (Å²) in [6.45, 7) is 0.528. The largest absolute Gasteiger partial charge is 0.495 e. The maximum atomic E-state index is 9.44. The zero-order valence-corrected chi connectivity index (χ0v) is 12.2. The highest BCUT2D eigenvalue weighted by Gasteiger charge is 2.13. The van der Waals surface area contributed by atoms with Crippen molar-refractivity contribution in [3.05, 3.63) is 59.7 Å². The molecule has 0 aliphatic rings. The molecule has 21 heavy (non-hydrogen) atoms. The average Bonchev–Trinajstić information content (AvgIpc) is 2.53. The van der Waals surface area contributed by atoms with Gasteiger partial charge in [0.15, 0.2) is 0 Å². The molecule has 0 amide bonds. The minimum absolute atomic E-state index is 0.446. The number of para-hydroxylation sites is 2. The molecule has 2 aromatic rings. The van der Waals surface area contributed by atoms with Gasteiger partial charge in [0.05, 0.1) is 25.5 Å². The van der Waals surface area contributed by atoms with Crippen LogP contribution in [0.25, 0.3) is 0 Å². The molecule has 1 atom stereocenters. The Morgan fingerprint density at radius 3 is 2.67 bits per heavy atom. The number of ether oxygens (including phenoxy) is 2. The highest BCUT2D eigenvalue weighted by atomic mass is 16.5. The SMILES string of the molecule is COCc1cccc(C(C#N)Nc2ccccc2OC)c1. The zero-order chi connectivity index (χ0) is 15.1. The van der Waals surface area contributed by atoms with E-state index in [4.69, 9.17) is 9.47 Å². The fraction of sp³-hybridized carbons (Fsp3) is 0.235. The number of nitrogens with zero attached hydrogens (tertiary/aromatic N) is 1. The second-order valence-electron chi connectivity index (χ2n) is 4.58. The number of hydrogen-bond donors (Lipinski definition) is 1. The Labute approximate surface area is 124 Å². The van der Waals surface area contributed by atoms with Gasteiger partial charge in [0, 0.05) is 7.11 Å². The first-order chi connectivity index (χ1) is 10.3. The summed E-state index contributed by atoms with van der Waals surface area (Å²) in [5.41, 5.74) is 2.73. The van der Waals surface area contributed by atoms with E-state index in [2.05, 4.69) is 11.4 Å². The van der Waals surface area contributed by atoms with Crippen molar-refractivity contribution in [3.8, 4) is 11.8 Å². The normalized spacial score (nSPS) is 11.5. The van der Waals surface area contributed by atoms with Crippen molar-refractivity contribution in [2.45, 2.75) is 12.6 Å². The molecule has 0 saturated carbocycles. The van der Waals surface area contributed by atoms with Crippen molar-refractivity contribution < 1.29 is 9.47 Å². The highest BCUT2D eigenvalue weighted by molar-refractivity contribution is 5.58. The van der Waals surface area contributed by atoms with Crippen LogP contribution in [0.4, 0.5) is 5.69 Å². The van der Waals surface area contributed by atoms with Gasteiger partial charge in [-0.3, -0.25) is 0 Å². The van der Waals surface area contributed by atoms with Crippen molar-refractivity contribution in [2.75, 3.05) is 19.5 Å². The quantitative estimate of drug-likeness (QED) is 0.880. The molecule has 0 bridgehead atoms. The van der Waals surface area contributed by atoms with Gasteiger partial charge in [-0.2, -0.15) is 5.26 Å². The Bertz CT molecular complexity index is 635. The fourth-order valence-corrected chi connectivity index (χ4v) is 2.14. The Morgan fingerprint density at radius 1 is 1.14 bits per heavy atom. The second kappa shape index (κ2) is 7.32. The molecule has 0 aromatic heterocycles. The Balaban J connectivity index is 2.24. The van der Waals surface area contributed by atoms with Crippen LogP contribution < -0.4 is 10.1 Å². The van der Waals surface area contributed by atoms with Crippen LogP contribution in [-0.2, 0) is 11.3 Å². The molecule has 0 radical (unpaired) electrons.